The van der Waals surface area contributed by atoms with Crippen LogP contribution in [0.25, 0.3) is 0 Å². The fourth-order valence-electron chi connectivity index (χ4n) is 2.85. The lowest BCUT2D eigenvalue weighted by molar-refractivity contribution is -0.137. The maximum absolute atomic E-state index is 12.3. The van der Waals surface area contributed by atoms with Gasteiger partial charge in [-0.3, -0.25) is 4.79 Å². The minimum Gasteiger partial charge on any atom is -0.395 e. The Balaban J connectivity index is 2.45. The Morgan fingerprint density at radius 3 is 2.39 bits per heavy atom. The first kappa shape index (κ1) is 15.5. The van der Waals surface area contributed by atoms with Crippen molar-refractivity contribution in [3.8, 4) is 0 Å². The summed E-state index contributed by atoms with van der Waals surface area (Å²) in [7, 11) is 0. The summed E-state index contributed by atoms with van der Waals surface area (Å²) in [6.45, 7) is 9.38. The van der Waals surface area contributed by atoms with Crippen molar-refractivity contribution in [1.29, 1.82) is 0 Å². The molecule has 0 saturated heterocycles. The summed E-state index contributed by atoms with van der Waals surface area (Å²) in [4.78, 5) is 14.2. The fourth-order valence-corrected chi connectivity index (χ4v) is 2.85. The number of nitrogens with zero attached hydrogens (tertiary/aromatic N) is 1. The van der Waals surface area contributed by atoms with Crippen LogP contribution in [0.15, 0.2) is 0 Å². The van der Waals surface area contributed by atoms with Crippen LogP contribution in [0.2, 0.25) is 0 Å². The van der Waals surface area contributed by atoms with Crippen LogP contribution >= 0.6 is 0 Å². The van der Waals surface area contributed by atoms with Gasteiger partial charge >= 0.3 is 0 Å². The normalized spacial score (nSPS) is 18.3. The molecule has 0 radical (unpaired) electrons. The van der Waals surface area contributed by atoms with E-state index in [1.165, 1.54) is 6.42 Å². The van der Waals surface area contributed by atoms with Crippen molar-refractivity contribution in [1.82, 2.24) is 4.90 Å². The van der Waals surface area contributed by atoms with Crippen molar-refractivity contribution in [3.05, 3.63) is 0 Å². The number of carbonyl (C=O) groups is 1. The van der Waals surface area contributed by atoms with Crippen molar-refractivity contribution in [2.24, 2.45) is 11.3 Å². The molecule has 0 bridgehead atoms. The lowest BCUT2D eigenvalue weighted by Gasteiger charge is -2.38. The molecule has 1 aliphatic carbocycles. The third-order valence-electron chi connectivity index (χ3n) is 3.66. The number of hydrogen-bond acceptors (Lipinski definition) is 2. The topological polar surface area (TPSA) is 40.5 Å². The number of aliphatic hydroxyl groups is 1. The van der Waals surface area contributed by atoms with Crippen LogP contribution in [0.1, 0.15) is 59.8 Å². The molecule has 1 rings (SSSR count). The minimum absolute atomic E-state index is 0.0793. The minimum atomic E-state index is 0.0793. The van der Waals surface area contributed by atoms with E-state index < -0.39 is 0 Å². The standard InChI is InChI=1S/C15H29NO2/c1-12(11-15(2,3)4)10-14(18)16(8-9-17)13-6-5-7-13/h12-13,17H,5-11H2,1-4H3. The van der Waals surface area contributed by atoms with Crippen LogP contribution in [0.4, 0.5) is 0 Å². The summed E-state index contributed by atoms with van der Waals surface area (Å²) >= 11 is 0. The fraction of sp³-hybridized carbons (Fsp3) is 0.933. The number of rotatable bonds is 6. The highest BCUT2D eigenvalue weighted by Crippen LogP contribution is 2.29. The molecule has 1 unspecified atom stereocenters. The number of amides is 1. The SMILES string of the molecule is CC(CC(=O)N(CCO)C1CCC1)CC(C)(C)C. The third-order valence-corrected chi connectivity index (χ3v) is 3.66. The molecular weight excluding hydrogens is 226 g/mol. The Bertz CT molecular complexity index is 266. The van der Waals surface area contributed by atoms with Crippen molar-refractivity contribution in [2.45, 2.75) is 65.8 Å². The van der Waals surface area contributed by atoms with Gasteiger partial charge in [0.2, 0.25) is 5.91 Å². The monoisotopic (exact) mass is 255 g/mol. The van der Waals surface area contributed by atoms with Gasteiger partial charge in [0.15, 0.2) is 0 Å². The molecule has 0 aromatic carbocycles. The van der Waals surface area contributed by atoms with Gasteiger partial charge in [0.1, 0.15) is 0 Å². The zero-order valence-corrected chi connectivity index (χ0v) is 12.4. The van der Waals surface area contributed by atoms with Gasteiger partial charge in [-0.05, 0) is 37.0 Å². The van der Waals surface area contributed by atoms with Crippen LogP contribution in [0, 0.1) is 11.3 Å². The van der Waals surface area contributed by atoms with E-state index in [0.717, 1.165) is 19.3 Å². The molecule has 18 heavy (non-hydrogen) atoms. The van der Waals surface area contributed by atoms with Crippen LogP contribution in [-0.4, -0.2) is 35.1 Å². The van der Waals surface area contributed by atoms with E-state index in [4.69, 9.17) is 5.11 Å². The lowest BCUT2D eigenvalue weighted by Crippen LogP contribution is -2.46. The number of aliphatic hydroxyl groups excluding tert-OH is 1. The maximum Gasteiger partial charge on any atom is 0.223 e. The Morgan fingerprint density at radius 2 is 2.00 bits per heavy atom. The zero-order chi connectivity index (χ0) is 13.8. The van der Waals surface area contributed by atoms with Gasteiger partial charge in [-0.15, -0.1) is 0 Å². The summed E-state index contributed by atoms with van der Waals surface area (Å²) in [6.07, 6.45) is 5.13. The summed E-state index contributed by atoms with van der Waals surface area (Å²) in [5, 5.41) is 9.08. The molecule has 3 nitrogen and oxygen atoms in total. The van der Waals surface area contributed by atoms with E-state index in [1.807, 2.05) is 4.90 Å². The Labute approximate surface area is 112 Å². The quantitative estimate of drug-likeness (QED) is 0.793. The van der Waals surface area contributed by atoms with Gasteiger partial charge < -0.3 is 10.0 Å². The van der Waals surface area contributed by atoms with Crippen LogP contribution in [-0.2, 0) is 4.79 Å². The van der Waals surface area contributed by atoms with E-state index >= 15 is 0 Å². The van der Waals surface area contributed by atoms with E-state index in [0.29, 0.717) is 24.9 Å². The largest absolute Gasteiger partial charge is 0.395 e. The van der Waals surface area contributed by atoms with E-state index in [-0.39, 0.29) is 17.9 Å². The summed E-state index contributed by atoms with van der Waals surface area (Å²) in [5.41, 5.74) is 0.276. The second-order valence-corrected chi connectivity index (χ2v) is 6.97. The highest BCUT2D eigenvalue weighted by Gasteiger charge is 2.29. The Morgan fingerprint density at radius 1 is 1.39 bits per heavy atom. The van der Waals surface area contributed by atoms with Crippen LogP contribution in [0.5, 0.6) is 0 Å². The van der Waals surface area contributed by atoms with E-state index in [9.17, 15) is 4.79 Å². The lowest BCUT2D eigenvalue weighted by atomic mass is 9.83. The first-order chi connectivity index (χ1) is 8.33. The first-order valence-electron chi connectivity index (χ1n) is 7.24. The Hall–Kier alpha value is -0.570. The van der Waals surface area contributed by atoms with Gasteiger partial charge in [0.05, 0.1) is 6.61 Å². The van der Waals surface area contributed by atoms with Gasteiger partial charge in [-0.25, -0.2) is 0 Å². The summed E-state index contributed by atoms with van der Waals surface area (Å²) in [5.74, 6) is 0.643. The highest BCUT2D eigenvalue weighted by molar-refractivity contribution is 5.76. The molecule has 1 aliphatic rings. The molecule has 3 heteroatoms. The predicted molar refractivity (Wildman–Crippen MR) is 74.3 cm³/mol. The maximum atomic E-state index is 12.3. The molecule has 1 saturated carbocycles. The van der Waals surface area contributed by atoms with E-state index in [2.05, 4.69) is 27.7 Å². The van der Waals surface area contributed by atoms with E-state index in [1.54, 1.807) is 0 Å². The Kier molecular flexibility index (Phi) is 5.64. The molecule has 0 aromatic rings. The van der Waals surface area contributed by atoms with Gasteiger partial charge in [-0.1, -0.05) is 27.7 Å². The second kappa shape index (κ2) is 6.55. The molecule has 0 aromatic heterocycles. The van der Waals surface area contributed by atoms with Gasteiger partial charge in [0.25, 0.3) is 0 Å². The highest BCUT2D eigenvalue weighted by atomic mass is 16.3. The number of carbonyl (C=O) groups excluding carboxylic acids is 1. The smallest absolute Gasteiger partial charge is 0.223 e. The molecule has 0 aliphatic heterocycles. The average molecular weight is 255 g/mol. The molecule has 0 heterocycles. The van der Waals surface area contributed by atoms with Crippen LogP contribution in [0.3, 0.4) is 0 Å². The van der Waals surface area contributed by atoms with Crippen molar-refractivity contribution < 1.29 is 9.90 Å². The van der Waals surface area contributed by atoms with Crippen molar-refractivity contribution >= 4 is 5.91 Å². The van der Waals surface area contributed by atoms with Gasteiger partial charge in [0, 0.05) is 19.0 Å². The van der Waals surface area contributed by atoms with Crippen LogP contribution < -0.4 is 0 Å². The third kappa shape index (κ3) is 4.97. The molecule has 1 atom stereocenters. The van der Waals surface area contributed by atoms with Crippen molar-refractivity contribution in [3.63, 3.8) is 0 Å². The molecule has 1 fully saturated rings. The molecule has 1 N–H and O–H groups in total. The van der Waals surface area contributed by atoms with Crippen molar-refractivity contribution in [2.75, 3.05) is 13.2 Å². The molecule has 1 amide bonds. The molecule has 0 spiro atoms. The predicted octanol–water partition coefficient (Wildman–Crippen LogP) is 2.82. The average Bonchev–Trinajstić information content (AvgIpc) is 2.10. The summed E-state index contributed by atoms with van der Waals surface area (Å²) < 4.78 is 0. The molecular formula is C15H29NO2. The first-order valence-corrected chi connectivity index (χ1v) is 7.24. The summed E-state index contributed by atoms with van der Waals surface area (Å²) in [6, 6.07) is 0.395. The zero-order valence-electron chi connectivity index (χ0n) is 12.4. The second-order valence-electron chi connectivity index (χ2n) is 6.97. The van der Waals surface area contributed by atoms with Gasteiger partial charge in [-0.2, -0.15) is 0 Å². The molecule has 106 valence electrons. The number of hydrogen-bond donors (Lipinski definition) is 1.